The van der Waals surface area contributed by atoms with E-state index >= 15 is 0 Å². The number of carbonyl (C=O) groups excluding carboxylic acids is 1. The van der Waals surface area contributed by atoms with Crippen LogP contribution >= 0.6 is 0 Å². The summed E-state index contributed by atoms with van der Waals surface area (Å²) < 4.78 is 0. The highest BCUT2D eigenvalue weighted by molar-refractivity contribution is 5.78. The van der Waals surface area contributed by atoms with E-state index in [1.54, 1.807) is 17.3 Å². The Kier molecular flexibility index (Phi) is 4.68. The molecule has 1 saturated heterocycles. The van der Waals surface area contributed by atoms with Crippen LogP contribution in [0.5, 0.6) is 0 Å². The lowest BCUT2D eigenvalue weighted by atomic mass is 10.3. The molecule has 0 aliphatic carbocycles. The van der Waals surface area contributed by atoms with Gasteiger partial charge in [0.1, 0.15) is 5.82 Å². The number of hydrogen-bond donors (Lipinski definition) is 1. The van der Waals surface area contributed by atoms with Crippen LogP contribution in [-0.4, -0.2) is 58.9 Å². The molecular weight excluding hydrogens is 242 g/mol. The van der Waals surface area contributed by atoms with Crippen molar-refractivity contribution in [3.63, 3.8) is 0 Å². The SMILES string of the molecule is CCCNc1cnc(CN2CCN(C)C(=O)C2)cn1. The van der Waals surface area contributed by atoms with Gasteiger partial charge in [-0.05, 0) is 6.42 Å². The molecule has 1 N–H and O–H groups in total. The molecule has 0 spiro atoms. The van der Waals surface area contributed by atoms with Crippen molar-refractivity contribution in [3.05, 3.63) is 18.1 Å². The van der Waals surface area contributed by atoms with Crippen LogP contribution in [0.15, 0.2) is 12.4 Å². The smallest absolute Gasteiger partial charge is 0.236 e. The van der Waals surface area contributed by atoms with E-state index in [2.05, 4.69) is 27.1 Å². The van der Waals surface area contributed by atoms with Gasteiger partial charge in [0, 0.05) is 33.2 Å². The standard InChI is InChI=1S/C13H21N5O/c1-3-4-14-12-8-15-11(7-16-12)9-18-6-5-17(2)13(19)10-18/h7-8H,3-6,9-10H2,1-2H3,(H,14,16). The third-order valence-corrected chi connectivity index (χ3v) is 3.18. The molecule has 1 aromatic heterocycles. The molecular formula is C13H21N5O. The van der Waals surface area contributed by atoms with Gasteiger partial charge in [0.15, 0.2) is 0 Å². The zero-order chi connectivity index (χ0) is 13.7. The van der Waals surface area contributed by atoms with Crippen LogP contribution in [0.25, 0.3) is 0 Å². The Labute approximate surface area is 113 Å². The zero-order valence-electron chi connectivity index (χ0n) is 11.6. The Bertz CT molecular complexity index is 420. The summed E-state index contributed by atoms with van der Waals surface area (Å²) in [5.41, 5.74) is 0.902. The first kappa shape index (κ1) is 13.7. The molecule has 1 fully saturated rings. The maximum absolute atomic E-state index is 11.6. The summed E-state index contributed by atoms with van der Waals surface area (Å²) in [6.45, 7) is 5.83. The normalized spacial score (nSPS) is 16.7. The van der Waals surface area contributed by atoms with E-state index in [0.717, 1.165) is 37.6 Å². The molecule has 104 valence electrons. The number of hydrogen-bond acceptors (Lipinski definition) is 5. The molecule has 0 unspecified atom stereocenters. The minimum atomic E-state index is 0.167. The highest BCUT2D eigenvalue weighted by Gasteiger charge is 2.21. The number of likely N-dealkylation sites (N-methyl/N-ethyl adjacent to an activating group) is 1. The molecule has 1 aliphatic rings. The van der Waals surface area contributed by atoms with Gasteiger partial charge < -0.3 is 10.2 Å². The predicted molar refractivity (Wildman–Crippen MR) is 73.7 cm³/mol. The monoisotopic (exact) mass is 263 g/mol. The summed E-state index contributed by atoms with van der Waals surface area (Å²) in [7, 11) is 1.84. The third kappa shape index (κ3) is 3.89. The molecule has 2 heterocycles. The molecule has 0 bridgehead atoms. The topological polar surface area (TPSA) is 61.4 Å². The fourth-order valence-electron chi connectivity index (χ4n) is 1.95. The van der Waals surface area contributed by atoms with Crippen molar-refractivity contribution in [3.8, 4) is 0 Å². The molecule has 0 aromatic carbocycles. The van der Waals surface area contributed by atoms with Crippen LogP contribution in [0, 0.1) is 0 Å². The Morgan fingerprint density at radius 2 is 2.16 bits per heavy atom. The van der Waals surface area contributed by atoms with E-state index in [1.807, 2.05) is 7.05 Å². The van der Waals surface area contributed by atoms with Gasteiger partial charge in [-0.25, -0.2) is 4.98 Å². The van der Waals surface area contributed by atoms with E-state index in [0.29, 0.717) is 13.1 Å². The minimum Gasteiger partial charge on any atom is -0.369 e. The number of rotatable bonds is 5. The minimum absolute atomic E-state index is 0.167. The van der Waals surface area contributed by atoms with Gasteiger partial charge in [0.25, 0.3) is 0 Å². The molecule has 1 aliphatic heterocycles. The number of amides is 1. The van der Waals surface area contributed by atoms with Crippen LogP contribution in [0.2, 0.25) is 0 Å². The second-order valence-electron chi connectivity index (χ2n) is 4.85. The molecule has 19 heavy (non-hydrogen) atoms. The lowest BCUT2D eigenvalue weighted by molar-refractivity contribution is -0.134. The van der Waals surface area contributed by atoms with E-state index in [9.17, 15) is 4.79 Å². The van der Waals surface area contributed by atoms with Crippen molar-refractivity contribution < 1.29 is 4.79 Å². The van der Waals surface area contributed by atoms with Gasteiger partial charge >= 0.3 is 0 Å². The van der Waals surface area contributed by atoms with Crippen molar-refractivity contribution in [1.82, 2.24) is 19.8 Å². The average molecular weight is 263 g/mol. The van der Waals surface area contributed by atoms with Gasteiger partial charge in [-0.3, -0.25) is 14.7 Å². The summed E-state index contributed by atoms with van der Waals surface area (Å²) in [5.74, 6) is 0.973. The van der Waals surface area contributed by atoms with Gasteiger partial charge in [0.2, 0.25) is 5.91 Å². The molecule has 1 amide bonds. The lowest BCUT2D eigenvalue weighted by Gasteiger charge is -2.31. The van der Waals surface area contributed by atoms with Gasteiger partial charge in [-0.2, -0.15) is 0 Å². The molecule has 0 atom stereocenters. The quantitative estimate of drug-likeness (QED) is 0.841. The summed E-state index contributed by atoms with van der Waals surface area (Å²) in [4.78, 5) is 24.2. The van der Waals surface area contributed by atoms with Crippen LogP contribution < -0.4 is 5.32 Å². The van der Waals surface area contributed by atoms with Gasteiger partial charge in [-0.15, -0.1) is 0 Å². The van der Waals surface area contributed by atoms with Crippen LogP contribution in [0.1, 0.15) is 19.0 Å². The lowest BCUT2D eigenvalue weighted by Crippen LogP contribution is -2.48. The third-order valence-electron chi connectivity index (χ3n) is 3.18. The van der Waals surface area contributed by atoms with Crippen LogP contribution in [-0.2, 0) is 11.3 Å². The first-order valence-electron chi connectivity index (χ1n) is 6.70. The summed E-state index contributed by atoms with van der Waals surface area (Å²) in [5, 5.41) is 3.19. The average Bonchev–Trinajstić information content (AvgIpc) is 2.42. The van der Waals surface area contributed by atoms with Crippen molar-refractivity contribution in [2.24, 2.45) is 0 Å². The molecule has 2 rings (SSSR count). The molecule has 6 heteroatoms. The first-order valence-corrected chi connectivity index (χ1v) is 6.70. The maximum atomic E-state index is 11.6. The highest BCUT2D eigenvalue weighted by atomic mass is 16.2. The van der Waals surface area contributed by atoms with Crippen LogP contribution in [0.3, 0.4) is 0 Å². The Morgan fingerprint density at radius 1 is 1.32 bits per heavy atom. The van der Waals surface area contributed by atoms with E-state index < -0.39 is 0 Å². The number of nitrogens with zero attached hydrogens (tertiary/aromatic N) is 4. The molecule has 0 radical (unpaired) electrons. The first-order chi connectivity index (χ1) is 9.19. The van der Waals surface area contributed by atoms with Gasteiger partial charge in [-0.1, -0.05) is 6.92 Å². The van der Waals surface area contributed by atoms with E-state index in [4.69, 9.17) is 0 Å². The molecule has 6 nitrogen and oxygen atoms in total. The Morgan fingerprint density at radius 3 is 2.79 bits per heavy atom. The second-order valence-corrected chi connectivity index (χ2v) is 4.85. The van der Waals surface area contributed by atoms with Gasteiger partial charge in [0.05, 0.1) is 24.6 Å². The number of nitrogens with one attached hydrogen (secondary N) is 1. The van der Waals surface area contributed by atoms with Crippen molar-refractivity contribution >= 4 is 11.7 Å². The second kappa shape index (κ2) is 6.47. The van der Waals surface area contributed by atoms with E-state index in [1.165, 1.54) is 0 Å². The molecule has 1 aromatic rings. The fourth-order valence-corrected chi connectivity index (χ4v) is 1.95. The highest BCUT2D eigenvalue weighted by Crippen LogP contribution is 2.07. The fraction of sp³-hybridized carbons (Fsp3) is 0.615. The number of carbonyl (C=O) groups is 1. The van der Waals surface area contributed by atoms with Crippen molar-refractivity contribution in [2.45, 2.75) is 19.9 Å². The van der Waals surface area contributed by atoms with Crippen LogP contribution in [0.4, 0.5) is 5.82 Å². The predicted octanol–water partition coefficient (Wildman–Crippen LogP) is 0.572. The summed E-state index contributed by atoms with van der Waals surface area (Å²) in [6, 6.07) is 0. The summed E-state index contributed by atoms with van der Waals surface area (Å²) >= 11 is 0. The summed E-state index contributed by atoms with van der Waals surface area (Å²) in [6.07, 6.45) is 4.59. The van der Waals surface area contributed by atoms with Crippen molar-refractivity contribution in [1.29, 1.82) is 0 Å². The molecule has 0 saturated carbocycles. The Balaban J connectivity index is 1.87. The maximum Gasteiger partial charge on any atom is 0.236 e. The largest absolute Gasteiger partial charge is 0.369 e. The Hall–Kier alpha value is -1.69. The van der Waals surface area contributed by atoms with Crippen molar-refractivity contribution in [2.75, 3.05) is 38.5 Å². The number of anilines is 1. The zero-order valence-corrected chi connectivity index (χ0v) is 11.6. The number of aromatic nitrogens is 2. The number of piperazine rings is 1. The van der Waals surface area contributed by atoms with E-state index in [-0.39, 0.29) is 5.91 Å².